The molecule has 9 heteroatoms. The lowest BCUT2D eigenvalue weighted by Crippen LogP contribution is -2.36. The number of nitrogens with zero attached hydrogens (tertiary/aromatic N) is 2. The zero-order valence-corrected chi connectivity index (χ0v) is 16.6. The Balaban J connectivity index is 1.93. The smallest absolute Gasteiger partial charge is 0.438 e. The van der Waals surface area contributed by atoms with E-state index in [1.807, 2.05) is 0 Å². The number of methoxy groups -OCH3 is 1. The number of carbonyl (C=O) groups is 1. The SMILES string of the molecule is COc1ccc(CNC(=O)Cn2c(=O)c(C(F)(F)F)nc3cc(C)c(C)cc32)cc1. The van der Waals surface area contributed by atoms with Crippen molar-refractivity contribution in [3.05, 3.63) is 69.1 Å². The molecule has 0 fully saturated rings. The fourth-order valence-corrected chi connectivity index (χ4v) is 2.98. The monoisotopic (exact) mass is 419 g/mol. The molecule has 1 aromatic heterocycles. The van der Waals surface area contributed by atoms with Crippen LogP contribution in [0.15, 0.2) is 41.2 Å². The highest BCUT2D eigenvalue weighted by Gasteiger charge is 2.37. The summed E-state index contributed by atoms with van der Waals surface area (Å²) in [5.74, 6) is 0.0667. The van der Waals surface area contributed by atoms with Crippen molar-refractivity contribution >= 4 is 16.9 Å². The number of benzene rings is 2. The number of hydrogen-bond acceptors (Lipinski definition) is 4. The van der Waals surface area contributed by atoms with Gasteiger partial charge in [0.05, 0.1) is 18.1 Å². The van der Waals surface area contributed by atoms with Crippen molar-refractivity contribution in [2.75, 3.05) is 7.11 Å². The van der Waals surface area contributed by atoms with Crippen molar-refractivity contribution in [2.24, 2.45) is 0 Å². The number of nitrogens with one attached hydrogen (secondary N) is 1. The van der Waals surface area contributed by atoms with Crippen LogP contribution < -0.4 is 15.6 Å². The Labute approximate surface area is 170 Å². The van der Waals surface area contributed by atoms with Crippen molar-refractivity contribution in [1.82, 2.24) is 14.9 Å². The first-order valence-electron chi connectivity index (χ1n) is 9.08. The second-order valence-corrected chi connectivity index (χ2v) is 6.90. The van der Waals surface area contributed by atoms with E-state index in [1.54, 1.807) is 44.2 Å². The maximum atomic E-state index is 13.3. The Morgan fingerprint density at radius 3 is 2.37 bits per heavy atom. The highest BCUT2D eigenvalue weighted by molar-refractivity contribution is 5.81. The average Bonchev–Trinajstić information content (AvgIpc) is 2.69. The van der Waals surface area contributed by atoms with Gasteiger partial charge in [-0.1, -0.05) is 12.1 Å². The molecule has 158 valence electrons. The van der Waals surface area contributed by atoms with Gasteiger partial charge in [0.15, 0.2) is 0 Å². The quantitative estimate of drug-likeness (QED) is 0.688. The van der Waals surface area contributed by atoms with E-state index >= 15 is 0 Å². The van der Waals surface area contributed by atoms with Gasteiger partial charge in [0.2, 0.25) is 11.6 Å². The number of alkyl halides is 3. The number of aromatic nitrogens is 2. The number of aryl methyl sites for hydroxylation is 2. The Hall–Kier alpha value is -3.36. The van der Waals surface area contributed by atoms with E-state index in [4.69, 9.17) is 4.74 Å². The third kappa shape index (κ3) is 4.45. The summed E-state index contributed by atoms with van der Waals surface area (Å²) >= 11 is 0. The van der Waals surface area contributed by atoms with Crippen LogP contribution in [0.2, 0.25) is 0 Å². The minimum atomic E-state index is -4.93. The predicted octanol–water partition coefficient (Wildman–Crippen LogP) is 3.36. The molecule has 0 saturated carbocycles. The van der Waals surface area contributed by atoms with Gasteiger partial charge in [0.25, 0.3) is 5.56 Å². The predicted molar refractivity (Wildman–Crippen MR) is 105 cm³/mol. The molecule has 30 heavy (non-hydrogen) atoms. The molecule has 0 aliphatic rings. The van der Waals surface area contributed by atoms with Crippen LogP contribution in [-0.2, 0) is 24.1 Å². The van der Waals surface area contributed by atoms with Crippen molar-refractivity contribution < 1.29 is 22.7 Å². The van der Waals surface area contributed by atoms with Gasteiger partial charge < -0.3 is 10.1 Å². The summed E-state index contributed by atoms with van der Waals surface area (Å²) in [6.07, 6.45) is -4.93. The van der Waals surface area contributed by atoms with Gasteiger partial charge in [0, 0.05) is 6.54 Å². The van der Waals surface area contributed by atoms with Gasteiger partial charge in [-0.3, -0.25) is 14.2 Å². The summed E-state index contributed by atoms with van der Waals surface area (Å²) in [4.78, 5) is 28.4. The van der Waals surface area contributed by atoms with Gasteiger partial charge in [-0.25, -0.2) is 4.98 Å². The molecule has 0 aliphatic carbocycles. The van der Waals surface area contributed by atoms with Crippen LogP contribution in [0.1, 0.15) is 22.4 Å². The largest absolute Gasteiger partial charge is 0.497 e. The van der Waals surface area contributed by atoms with E-state index in [0.29, 0.717) is 5.75 Å². The molecular formula is C21H20F3N3O3. The molecule has 0 bridgehead atoms. The molecule has 0 aliphatic heterocycles. The Bertz CT molecular complexity index is 1150. The second-order valence-electron chi connectivity index (χ2n) is 6.90. The topological polar surface area (TPSA) is 73.2 Å². The molecule has 2 aromatic carbocycles. The van der Waals surface area contributed by atoms with Crippen molar-refractivity contribution in [1.29, 1.82) is 0 Å². The summed E-state index contributed by atoms with van der Waals surface area (Å²) in [5.41, 5.74) is -0.422. The molecule has 3 rings (SSSR count). The first-order valence-corrected chi connectivity index (χ1v) is 9.08. The maximum Gasteiger partial charge on any atom is 0.438 e. The van der Waals surface area contributed by atoms with Crippen LogP contribution in [0, 0.1) is 13.8 Å². The Morgan fingerprint density at radius 2 is 1.77 bits per heavy atom. The van der Waals surface area contributed by atoms with Gasteiger partial charge >= 0.3 is 6.18 Å². The van der Waals surface area contributed by atoms with Gasteiger partial charge in [-0.2, -0.15) is 13.2 Å². The van der Waals surface area contributed by atoms with Crippen molar-refractivity contribution in [3.63, 3.8) is 0 Å². The Morgan fingerprint density at radius 1 is 1.13 bits per heavy atom. The highest BCUT2D eigenvalue weighted by Crippen LogP contribution is 2.27. The molecule has 1 heterocycles. The van der Waals surface area contributed by atoms with Crippen LogP contribution in [0.25, 0.3) is 11.0 Å². The van der Waals surface area contributed by atoms with Crippen molar-refractivity contribution in [3.8, 4) is 5.75 Å². The number of fused-ring (bicyclic) bond motifs is 1. The van der Waals surface area contributed by atoms with Crippen LogP contribution in [0.3, 0.4) is 0 Å². The lowest BCUT2D eigenvalue weighted by atomic mass is 10.1. The first-order chi connectivity index (χ1) is 14.1. The Kier molecular flexibility index (Phi) is 5.82. The van der Waals surface area contributed by atoms with Crippen molar-refractivity contribution in [2.45, 2.75) is 33.1 Å². The lowest BCUT2D eigenvalue weighted by molar-refractivity contribution is -0.142. The number of hydrogen-bond donors (Lipinski definition) is 1. The van der Waals surface area contributed by atoms with Crippen LogP contribution in [-0.4, -0.2) is 22.6 Å². The van der Waals surface area contributed by atoms with Crippen LogP contribution in [0.4, 0.5) is 13.2 Å². The highest BCUT2D eigenvalue weighted by atomic mass is 19.4. The van der Waals surface area contributed by atoms with E-state index in [1.165, 1.54) is 13.2 Å². The molecule has 0 atom stereocenters. The average molecular weight is 419 g/mol. The number of carbonyl (C=O) groups excluding carboxylic acids is 1. The number of amides is 1. The number of halogens is 3. The standard InChI is InChI=1S/C21H20F3N3O3/c1-12-8-16-17(9-13(12)2)27(20(29)19(26-16)21(22,23)24)11-18(28)25-10-14-4-6-15(30-3)7-5-14/h4-9H,10-11H2,1-3H3,(H,25,28). The maximum absolute atomic E-state index is 13.3. The summed E-state index contributed by atoms with van der Waals surface area (Å²) < 4.78 is 45.8. The normalized spacial score (nSPS) is 11.5. The zero-order valence-electron chi connectivity index (χ0n) is 16.6. The van der Waals surface area contributed by atoms with Gasteiger partial charge in [-0.15, -0.1) is 0 Å². The third-order valence-electron chi connectivity index (χ3n) is 4.78. The lowest BCUT2D eigenvalue weighted by Gasteiger charge is -2.15. The molecule has 6 nitrogen and oxygen atoms in total. The fourth-order valence-electron chi connectivity index (χ4n) is 2.98. The second kappa shape index (κ2) is 8.17. The van der Waals surface area contributed by atoms with E-state index in [2.05, 4.69) is 10.3 Å². The van der Waals surface area contributed by atoms with Crippen LogP contribution >= 0.6 is 0 Å². The minimum Gasteiger partial charge on any atom is -0.497 e. The molecule has 0 unspecified atom stereocenters. The van der Waals surface area contributed by atoms with E-state index < -0.39 is 29.9 Å². The molecule has 0 spiro atoms. The van der Waals surface area contributed by atoms with Gasteiger partial charge in [0.1, 0.15) is 12.3 Å². The van der Waals surface area contributed by atoms with Gasteiger partial charge in [-0.05, 0) is 54.8 Å². The van der Waals surface area contributed by atoms with E-state index in [0.717, 1.165) is 21.3 Å². The summed E-state index contributed by atoms with van der Waals surface area (Å²) in [7, 11) is 1.53. The molecular weight excluding hydrogens is 399 g/mol. The van der Waals surface area contributed by atoms with Crippen LogP contribution in [0.5, 0.6) is 5.75 Å². The molecule has 0 radical (unpaired) electrons. The summed E-state index contributed by atoms with van der Waals surface area (Å²) in [6, 6.07) is 10.00. The summed E-state index contributed by atoms with van der Waals surface area (Å²) in [5, 5.41) is 2.62. The molecule has 1 N–H and O–H groups in total. The third-order valence-corrected chi connectivity index (χ3v) is 4.78. The number of rotatable bonds is 5. The van der Waals surface area contributed by atoms with E-state index in [9.17, 15) is 22.8 Å². The first kappa shape index (κ1) is 21.4. The zero-order chi connectivity index (χ0) is 22.1. The number of ether oxygens (including phenoxy) is 1. The minimum absolute atomic E-state index is 0.00739. The van der Waals surface area contributed by atoms with E-state index in [-0.39, 0.29) is 17.6 Å². The molecule has 3 aromatic rings. The molecule has 1 amide bonds. The fraction of sp³-hybridized carbons (Fsp3) is 0.286. The molecule has 0 saturated heterocycles. The summed E-state index contributed by atoms with van der Waals surface area (Å²) in [6.45, 7) is 3.11.